The molecule has 2 N–H and O–H groups in total. The maximum Gasteiger partial charge on any atom is 0.239 e. The molecule has 0 aromatic rings. The molecule has 5 heteroatoms. The summed E-state index contributed by atoms with van der Waals surface area (Å²) in [5, 5.41) is 6.16. The first-order valence-corrected chi connectivity index (χ1v) is 7.33. The van der Waals surface area contributed by atoms with Crippen LogP contribution in [-0.4, -0.2) is 49.5 Å². The summed E-state index contributed by atoms with van der Waals surface area (Å²) in [6.07, 6.45) is 3.53. The van der Waals surface area contributed by atoms with Crippen molar-refractivity contribution in [2.75, 3.05) is 26.7 Å². The average molecular weight is 266 g/mol. The number of piperidine rings is 1. The maximum atomic E-state index is 11.7. The van der Waals surface area contributed by atoms with Crippen LogP contribution in [0.15, 0.2) is 4.99 Å². The number of aliphatic imine (C=N–C) groups is 1. The standard InChI is InChI=1S/C14H26N4O/c1-10-6-11(2)9-18(8-10)14(15-3)16-7-13(19)17-12-4-5-12/h10-12H,4-9H2,1-3H3,(H,15,16)(H,17,19). The van der Waals surface area contributed by atoms with Crippen LogP contribution in [-0.2, 0) is 4.79 Å². The Balaban J connectivity index is 1.80. The fourth-order valence-corrected chi connectivity index (χ4v) is 2.83. The molecule has 108 valence electrons. The van der Waals surface area contributed by atoms with E-state index in [2.05, 4.69) is 34.4 Å². The summed E-state index contributed by atoms with van der Waals surface area (Å²) >= 11 is 0. The molecule has 1 heterocycles. The zero-order chi connectivity index (χ0) is 13.8. The lowest BCUT2D eigenvalue weighted by atomic mass is 9.92. The molecule has 1 saturated heterocycles. The van der Waals surface area contributed by atoms with Gasteiger partial charge >= 0.3 is 0 Å². The van der Waals surface area contributed by atoms with E-state index in [0.29, 0.717) is 24.4 Å². The molecule has 1 aliphatic heterocycles. The van der Waals surface area contributed by atoms with Gasteiger partial charge in [-0.2, -0.15) is 0 Å². The van der Waals surface area contributed by atoms with Crippen LogP contribution in [0.4, 0.5) is 0 Å². The van der Waals surface area contributed by atoms with Gasteiger partial charge in [-0.1, -0.05) is 13.8 Å². The Bertz CT molecular complexity index is 341. The molecule has 0 radical (unpaired) electrons. The first-order chi connectivity index (χ1) is 9.08. The highest BCUT2D eigenvalue weighted by Gasteiger charge is 2.25. The van der Waals surface area contributed by atoms with E-state index < -0.39 is 0 Å². The van der Waals surface area contributed by atoms with Crippen molar-refractivity contribution in [1.29, 1.82) is 0 Å². The molecule has 2 rings (SSSR count). The van der Waals surface area contributed by atoms with Gasteiger partial charge < -0.3 is 15.5 Å². The van der Waals surface area contributed by atoms with Crippen LogP contribution in [0.25, 0.3) is 0 Å². The second-order valence-electron chi connectivity index (χ2n) is 6.09. The molecule has 0 aromatic heterocycles. The van der Waals surface area contributed by atoms with Crippen LogP contribution < -0.4 is 10.6 Å². The summed E-state index contributed by atoms with van der Waals surface area (Å²) < 4.78 is 0. The molecule has 1 amide bonds. The summed E-state index contributed by atoms with van der Waals surface area (Å²) in [7, 11) is 1.78. The summed E-state index contributed by atoms with van der Waals surface area (Å²) in [6.45, 7) is 6.91. The number of nitrogens with one attached hydrogen (secondary N) is 2. The van der Waals surface area contributed by atoms with E-state index in [9.17, 15) is 4.79 Å². The zero-order valence-electron chi connectivity index (χ0n) is 12.3. The average Bonchev–Trinajstić information content (AvgIpc) is 3.12. The molecule has 2 aliphatic rings. The SMILES string of the molecule is CN=C(NCC(=O)NC1CC1)N1CC(C)CC(C)C1. The van der Waals surface area contributed by atoms with Gasteiger partial charge in [0.15, 0.2) is 5.96 Å². The van der Waals surface area contributed by atoms with Crippen molar-refractivity contribution >= 4 is 11.9 Å². The van der Waals surface area contributed by atoms with Gasteiger partial charge in [0.05, 0.1) is 6.54 Å². The van der Waals surface area contributed by atoms with Crippen molar-refractivity contribution in [3.63, 3.8) is 0 Å². The van der Waals surface area contributed by atoms with E-state index in [0.717, 1.165) is 31.9 Å². The fourth-order valence-electron chi connectivity index (χ4n) is 2.83. The van der Waals surface area contributed by atoms with Crippen molar-refractivity contribution in [1.82, 2.24) is 15.5 Å². The molecule has 0 bridgehead atoms. The van der Waals surface area contributed by atoms with E-state index in [4.69, 9.17) is 0 Å². The normalized spacial score (nSPS) is 28.2. The van der Waals surface area contributed by atoms with Gasteiger partial charge in [-0.3, -0.25) is 9.79 Å². The Labute approximate surface area is 115 Å². The third-order valence-electron chi connectivity index (χ3n) is 3.73. The van der Waals surface area contributed by atoms with Crippen LogP contribution >= 0.6 is 0 Å². The minimum absolute atomic E-state index is 0.0711. The molecule has 0 spiro atoms. The third kappa shape index (κ3) is 4.40. The number of likely N-dealkylation sites (tertiary alicyclic amines) is 1. The molecule has 2 atom stereocenters. The Morgan fingerprint density at radius 2 is 1.89 bits per heavy atom. The van der Waals surface area contributed by atoms with Gasteiger partial charge in [0.1, 0.15) is 0 Å². The Hall–Kier alpha value is -1.26. The quantitative estimate of drug-likeness (QED) is 0.587. The lowest BCUT2D eigenvalue weighted by Crippen LogP contribution is -2.50. The van der Waals surface area contributed by atoms with Crippen LogP contribution in [0.1, 0.15) is 33.1 Å². The third-order valence-corrected chi connectivity index (χ3v) is 3.73. The minimum atomic E-state index is 0.0711. The minimum Gasteiger partial charge on any atom is -0.352 e. The van der Waals surface area contributed by atoms with Gasteiger partial charge in [-0.05, 0) is 31.1 Å². The molecule has 1 aliphatic carbocycles. The van der Waals surface area contributed by atoms with Gasteiger partial charge in [0, 0.05) is 26.2 Å². The van der Waals surface area contributed by atoms with Crippen molar-refractivity contribution in [3.8, 4) is 0 Å². The largest absolute Gasteiger partial charge is 0.352 e. The van der Waals surface area contributed by atoms with E-state index in [-0.39, 0.29) is 5.91 Å². The van der Waals surface area contributed by atoms with Gasteiger partial charge in [0.25, 0.3) is 0 Å². The van der Waals surface area contributed by atoms with Gasteiger partial charge in [-0.15, -0.1) is 0 Å². The predicted molar refractivity (Wildman–Crippen MR) is 77.0 cm³/mol. The van der Waals surface area contributed by atoms with Crippen LogP contribution in [0, 0.1) is 11.8 Å². The summed E-state index contributed by atoms with van der Waals surface area (Å²) in [5.74, 6) is 2.29. The van der Waals surface area contributed by atoms with Crippen LogP contribution in [0.2, 0.25) is 0 Å². The van der Waals surface area contributed by atoms with Crippen molar-refractivity contribution in [3.05, 3.63) is 0 Å². The highest BCUT2D eigenvalue weighted by molar-refractivity contribution is 5.86. The fraction of sp³-hybridized carbons (Fsp3) is 0.857. The molecule has 2 unspecified atom stereocenters. The molecule has 19 heavy (non-hydrogen) atoms. The number of nitrogens with zero attached hydrogens (tertiary/aromatic N) is 2. The molecule has 1 saturated carbocycles. The van der Waals surface area contributed by atoms with E-state index in [1.54, 1.807) is 7.05 Å². The number of carbonyl (C=O) groups is 1. The second-order valence-corrected chi connectivity index (χ2v) is 6.09. The molecule has 0 aromatic carbocycles. The molecule has 2 fully saturated rings. The topological polar surface area (TPSA) is 56.7 Å². The number of amides is 1. The first kappa shape index (κ1) is 14.2. The smallest absolute Gasteiger partial charge is 0.239 e. The number of hydrogen-bond acceptors (Lipinski definition) is 2. The first-order valence-electron chi connectivity index (χ1n) is 7.33. The monoisotopic (exact) mass is 266 g/mol. The molecule has 5 nitrogen and oxygen atoms in total. The Kier molecular flexibility index (Phi) is 4.66. The van der Waals surface area contributed by atoms with Crippen molar-refractivity contribution in [2.24, 2.45) is 16.8 Å². The number of rotatable bonds is 3. The Morgan fingerprint density at radius 1 is 1.26 bits per heavy atom. The summed E-state index contributed by atoms with van der Waals surface area (Å²) in [6, 6.07) is 0.423. The van der Waals surface area contributed by atoms with Crippen molar-refractivity contribution < 1.29 is 4.79 Å². The predicted octanol–water partition coefficient (Wildman–Crippen LogP) is 0.818. The highest BCUT2D eigenvalue weighted by atomic mass is 16.2. The van der Waals surface area contributed by atoms with Gasteiger partial charge in [0.2, 0.25) is 5.91 Å². The van der Waals surface area contributed by atoms with Crippen LogP contribution in [0.3, 0.4) is 0 Å². The van der Waals surface area contributed by atoms with E-state index >= 15 is 0 Å². The van der Waals surface area contributed by atoms with Crippen LogP contribution in [0.5, 0.6) is 0 Å². The van der Waals surface area contributed by atoms with Crippen molar-refractivity contribution in [2.45, 2.75) is 39.2 Å². The highest BCUT2D eigenvalue weighted by Crippen LogP contribution is 2.21. The zero-order valence-corrected chi connectivity index (χ0v) is 12.3. The Morgan fingerprint density at radius 3 is 2.42 bits per heavy atom. The number of guanidine groups is 1. The van der Waals surface area contributed by atoms with Gasteiger partial charge in [-0.25, -0.2) is 0 Å². The number of carbonyl (C=O) groups excluding carboxylic acids is 1. The maximum absolute atomic E-state index is 11.7. The van der Waals surface area contributed by atoms with E-state index in [1.165, 1.54) is 6.42 Å². The second kappa shape index (κ2) is 6.26. The molecular formula is C14H26N4O. The molecular weight excluding hydrogens is 240 g/mol. The lowest BCUT2D eigenvalue weighted by Gasteiger charge is -2.37. The number of hydrogen-bond donors (Lipinski definition) is 2. The summed E-state index contributed by atoms with van der Waals surface area (Å²) in [4.78, 5) is 18.2. The van der Waals surface area contributed by atoms with E-state index in [1.807, 2.05) is 0 Å². The lowest BCUT2D eigenvalue weighted by molar-refractivity contribution is -0.120. The summed E-state index contributed by atoms with van der Waals surface area (Å²) in [5.41, 5.74) is 0.